The van der Waals surface area contributed by atoms with Gasteiger partial charge >= 0.3 is 0 Å². The van der Waals surface area contributed by atoms with Crippen molar-refractivity contribution in [2.24, 2.45) is 0 Å². The Labute approximate surface area is 87.2 Å². The van der Waals surface area contributed by atoms with E-state index in [1.165, 1.54) is 0 Å². The number of ether oxygens (including phenoxy) is 2. The summed E-state index contributed by atoms with van der Waals surface area (Å²) >= 11 is 0. The molecule has 0 spiro atoms. The van der Waals surface area contributed by atoms with Crippen LogP contribution in [-0.2, 0) is 9.47 Å². The van der Waals surface area contributed by atoms with E-state index in [0.717, 1.165) is 32.6 Å². The van der Waals surface area contributed by atoms with Crippen LogP contribution in [0.2, 0.25) is 0 Å². The average Bonchev–Trinajstić information content (AvgIpc) is 2.12. The topological polar surface area (TPSA) is 30.5 Å². The van der Waals surface area contributed by atoms with Crippen LogP contribution in [0.3, 0.4) is 0 Å². The van der Waals surface area contributed by atoms with Crippen LogP contribution in [0.5, 0.6) is 0 Å². The summed E-state index contributed by atoms with van der Waals surface area (Å²) in [5.74, 6) is 0. The lowest BCUT2D eigenvalue weighted by atomic mass is 10.0. The predicted octanol–water partition coefficient (Wildman–Crippen LogP) is 1.57. The van der Waals surface area contributed by atoms with Gasteiger partial charge in [-0.15, -0.1) is 0 Å². The van der Waals surface area contributed by atoms with Crippen molar-refractivity contribution in [3.05, 3.63) is 0 Å². The highest BCUT2D eigenvalue weighted by Crippen LogP contribution is 2.11. The Kier molecular flexibility index (Phi) is 5.45. The Balaban J connectivity index is 2.00. The number of rotatable bonds is 5. The fourth-order valence-corrected chi connectivity index (χ4v) is 1.74. The summed E-state index contributed by atoms with van der Waals surface area (Å²) in [6.45, 7) is 8.84. The van der Waals surface area contributed by atoms with Crippen molar-refractivity contribution in [3.63, 3.8) is 0 Å². The van der Waals surface area contributed by atoms with Crippen LogP contribution in [0, 0.1) is 0 Å². The Morgan fingerprint density at radius 2 is 2.14 bits per heavy atom. The van der Waals surface area contributed by atoms with Crippen LogP contribution in [0.25, 0.3) is 0 Å². The number of nitrogens with one attached hydrogen (secondary N) is 1. The standard InChI is InChI=1S/C11H23NO2/c1-9(2)13-6-7-14-11-4-5-12-10(3)8-11/h9-12H,4-8H2,1-3H3. The van der Waals surface area contributed by atoms with Crippen LogP contribution >= 0.6 is 0 Å². The quantitative estimate of drug-likeness (QED) is 0.685. The first kappa shape index (κ1) is 12.0. The minimum Gasteiger partial charge on any atom is -0.376 e. The predicted molar refractivity (Wildman–Crippen MR) is 57.5 cm³/mol. The van der Waals surface area contributed by atoms with Gasteiger partial charge in [0.15, 0.2) is 0 Å². The highest BCUT2D eigenvalue weighted by molar-refractivity contribution is 4.75. The van der Waals surface area contributed by atoms with Crippen LogP contribution in [0.4, 0.5) is 0 Å². The molecule has 1 aliphatic rings. The molecule has 0 aromatic carbocycles. The van der Waals surface area contributed by atoms with Crippen molar-refractivity contribution in [3.8, 4) is 0 Å². The van der Waals surface area contributed by atoms with Crippen molar-refractivity contribution in [2.75, 3.05) is 19.8 Å². The molecule has 1 heterocycles. The van der Waals surface area contributed by atoms with Gasteiger partial charge in [0.05, 0.1) is 25.4 Å². The fraction of sp³-hybridized carbons (Fsp3) is 1.00. The van der Waals surface area contributed by atoms with E-state index in [9.17, 15) is 0 Å². The van der Waals surface area contributed by atoms with E-state index >= 15 is 0 Å². The molecule has 0 saturated carbocycles. The number of piperidine rings is 1. The lowest BCUT2D eigenvalue weighted by Crippen LogP contribution is -2.39. The second kappa shape index (κ2) is 6.38. The van der Waals surface area contributed by atoms with E-state index < -0.39 is 0 Å². The second-order valence-corrected chi connectivity index (χ2v) is 4.29. The van der Waals surface area contributed by atoms with Gasteiger partial charge in [-0.1, -0.05) is 0 Å². The summed E-state index contributed by atoms with van der Waals surface area (Å²) in [5.41, 5.74) is 0. The third kappa shape index (κ3) is 4.94. The van der Waals surface area contributed by atoms with Gasteiger partial charge in [0.2, 0.25) is 0 Å². The zero-order chi connectivity index (χ0) is 10.4. The van der Waals surface area contributed by atoms with Crippen LogP contribution in [0.15, 0.2) is 0 Å². The molecular formula is C11H23NO2. The normalized spacial score (nSPS) is 28.3. The average molecular weight is 201 g/mol. The zero-order valence-corrected chi connectivity index (χ0v) is 9.58. The SMILES string of the molecule is CC1CC(OCCOC(C)C)CCN1. The largest absolute Gasteiger partial charge is 0.376 e. The molecule has 1 rings (SSSR count). The first-order valence-corrected chi connectivity index (χ1v) is 5.65. The molecule has 2 atom stereocenters. The van der Waals surface area contributed by atoms with Crippen LogP contribution < -0.4 is 5.32 Å². The first-order valence-electron chi connectivity index (χ1n) is 5.65. The minimum atomic E-state index is 0.311. The third-order valence-electron chi connectivity index (χ3n) is 2.46. The molecule has 2 unspecified atom stereocenters. The van der Waals surface area contributed by atoms with Gasteiger partial charge in [0, 0.05) is 6.04 Å². The molecule has 0 radical (unpaired) electrons. The van der Waals surface area contributed by atoms with Crippen molar-refractivity contribution in [1.82, 2.24) is 5.32 Å². The summed E-state index contributed by atoms with van der Waals surface area (Å²) < 4.78 is 11.2. The summed E-state index contributed by atoms with van der Waals surface area (Å²) in [6, 6.07) is 0.597. The second-order valence-electron chi connectivity index (χ2n) is 4.29. The molecule has 0 aromatic rings. The van der Waals surface area contributed by atoms with Crippen molar-refractivity contribution >= 4 is 0 Å². The molecule has 3 nitrogen and oxygen atoms in total. The maximum Gasteiger partial charge on any atom is 0.0704 e. The van der Waals surface area contributed by atoms with Crippen molar-refractivity contribution in [2.45, 2.75) is 51.9 Å². The van der Waals surface area contributed by atoms with Gasteiger partial charge in [-0.2, -0.15) is 0 Å². The molecule has 0 amide bonds. The van der Waals surface area contributed by atoms with Crippen molar-refractivity contribution in [1.29, 1.82) is 0 Å². The van der Waals surface area contributed by atoms with Crippen LogP contribution in [-0.4, -0.2) is 38.0 Å². The monoisotopic (exact) mass is 201 g/mol. The Morgan fingerprint density at radius 1 is 1.36 bits per heavy atom. The van der Waals surface area contributed by atoms with Gasteiger partial charge in [-0.25, -0.2) is 0 Å². The van der Waals surface area contributed by atoms with Gasteiger partial charge < -0.3 is 14.8 Å². The molecule has 1 saturated heterocycles. The van der Waals surface area contributed by atoms with E-state index in [0.29, 0.717) is 18.2 Å². The maximum absolute atomic E-state index is 5.74. The Morgan fingerprint density at radius 3 is 2.79 bits per heavy atom. The first-order chi connectivity index (χ1) is 6.68. The van der Waals surface area contributed by atoms with E-state index in [-0.39, 0.29) is 0 Å². The highest BCUT2D eigenvalue weighted by Gasteiger charge is 2.18. The smallest absolute Gasteiger partial charge is 0.0704 e. The lowest BCUT2D eigenvalue weighted by molar-refractivity contribution is -0.0260. The number of hydrogen-bond acceptors (Lipinski definition) is 3. The molecule has 1 N–H and O–H groups in total. The summed E-state index contributed by atoms with van der Waals surface area (Å²) in [4.78, 5) is 0. The number of hydrogen-bond donors (Lipinski definition) is 1. The Hall–Kier alpha value is -0.120. The molecule has 1 fully saturated rings. The fourth-order valence-electron chi connectivity index (χ4n) is 1.74. The highest BCUT2D eigenvalue weighted by atomic mass is 16.5. The molecule has 0 aromatic heterocycles. The van der Waals surface area contributed by atoms with Gasteiger partial charge in [-0.3, -0.25) is 0 Å². The summed E-state index contributed by atoms with van der Waals surface area (Å²) in [5, 5.41) is 3.41. The molecule has 0 bridgehead atoms. The molecule has 1 aliphatic heterocycles. The summed E-state index contributed by atoms with van der Waals surface area (Å²) in [7, 11) is 0. The third-order valence-corrected chi connectivity index (χ3v) is 2.46. The summed E-state index contributed by atoms with van der Waals surface area (Å²) in [6.07, 6.45) is 3.00. The van der Waals surface area contributed by atoms with Crippen molar-refractivity contribution < 1.29 is 9.47 Å². The van der Waals surface area contributed by atoms with E-state index in [2.05, 4.69) is 12.2 Å². The molecular weight excluding hydrogens is 178 g/mol. The Bertz CT molecular complexity index is 150. The van der Waals surface area contributed by atoms with E-state index in [1.807, 2.05) is 13.8 Å². The minimum absolute atomic E-state index is 0.311. The van der Waals surface area contributed by atoms with E-state index in [1.54, 1.807) is 0 Å². The zero-order valence-electron chi connectivity index (χ0n) is 9.58. The molecule has 3 heteroatoms. The van der Waals surface area contributed by atoms with Gasteiger partial charge in [-0.05, 0) is 40.2 Å². The molecule has 14 heavy (non-hydrogen) atoms. The van der Waals surface area contributed by atoms with Gasteiger partial charge in [0.25, 0.3) is 0 Å². The van der Waals surface area contributed by atoms with Crippen LogP contribution in [0.1, 0.15) is 33.6 Å². The van der Waals surface area contributed by atoms with E-state index in [4.69, 9.17) is 9.47 Å². The van der Waals surface area contributed by atoms with Gasteiger partial charge in [0.1, 0.15) is 0 Å². The lowest BCUT2D eigenvalue weighted by Gasteiger charge is -2.28. The maximum atomic E-state index is 5.74. The molecule has 84 valence electrons. The molecule has 0 aliphatic carbocycles.